The van der Waals surface area contributed by atoms with Crippen molar-refractivity contribution in [2.45, 2.75) is 26.7 Å². The van der Waals surface area contributed by atoms with E-state index in [0.717, 1.165) is 17.3 Å². The van der Waals surface area contributed by atoms with E-state index in [-0.39, 0.29) is 11.5 Å². The van der Waals surface area contributed by atoms with Gasteiger partial charge in [0.2, 0.25) is 0 Å². The Labute approximate surface area is 103 Å². The molecule has 0 radical (unpaired) electrons. The van der Waals surface area contributed by atoms with Gasteiger partial charge in [0.05, 0.1) is 5.56 Å². The zero-order chi connectivity index (χ0) is 12.1. The third-order valence-electron chi connectivity index (χ3n) is 2.39. The summed E-state index contributed by atoms with van der Waals surface area (Å²) in [6.45, 7) is 4.35. The minimum atomic E-state index is -0.477. The molecule has 1 rings (SSSR count). The van der Waals surface area contributed by atoms with Crippen molar-refractivity contribution in [2.24, 2.45) is 0 Å². The van der Waals surface area contributed by atoms with Crippen molar-refractivity contribution in [1.29, 1.82) is 0 Å². The van der Waals surface area contributed by atoms with Gasteiger partial charge in [-0.2, -0.15) is 0 Å². The zero-order valence-corrected chi connectivity index (χ0v) is 11.0. The van der Waals surface area contributed by atoms with Crippen LogP contribution in [0.2, 0.25) is 0 Å². The molecule has 0 saturated heterocycles. The van der Waals surface area contributed by atoms with Crippen molar-refractivity contribution in [1.82, 2.24) is 5.32 Å². The van der Waals surface area contributed by atoms with Gasteiger partial charge in [-0.3, -0.25) is 4.79 Å². The Bertz CT molecular complexity index is 393. The molecule has 88 valence electrons. The van der Waals surface area contributed by atoms with E-state index in [1.165, 1.54) is 6.07 Å². The summed E-state index contributed by atoms with van der Waals surface area (Å²) in [6, 6.07) is 2.90. The largest absolute Gasteiger partial charge is 0.352 e. The first kappa shape index (κ1) is 13.2. The van der Waals surface area contributed by atoms with Crippen molar-refractivity contribution < 1.29 is 9.18 Å². The smallest absolute Gasteiger partial charge is 0.254 e. The van der Waals surface area contributed by atoms with Crippen LogP contribution in [0.5, 0.6) is 0 Å². The van der Waals surface area contributed by atoms with Crippen LogP contribution in [0, 0.1) is 12.7 Å². The maximum atomic E-state index is 13.5. The lowest BCUT2D eigenvalue weighted by molar-refractivity contribution is 0.0948. The molecule has 2 nitrogen and oxygen atoms in total. The lowest BCUT2D eigenvalue weighted by Gasteiger charge is -2.09. The molecule has 0 atom stereocenters. The molecule has 0 heterocycles. The maximum Gasteiger partial charge on any atom is 0.254 e. The summed E-state index contributed by atoms with van der Waals surface area (Å²) in [5.74, 6) is -0.820. The quantitative estimate of drug-likeness (QED) is 0.845. The van der Waals surface area contributed by atoms with Gasteiger partial charge in [-0.25, -0.2) is 4.39 Å². The molecule has 0 aliphatic heterocycles. The first-order valence-corrected chi connectivity index (χ1v) is 6.10. The highest BCUT2D eigenvalue weighted by molar-refractivity contribution is 9.10. The van der Waals surface area contributed by atoms with E-state index in [2.05, 4.69) is 21.2 Å². The van der Waals surface area contributed by atoms with Crippen molar-refractivity contribution in [3.8, 4) is 0 Å². The van der Waals surface area contributed by atoms with Crippen LogP contribution in [0.25, 0.3) is 0 Å². The number of unbranched alkanes of at least 4 members (excludes halogenated alkanes) is 1. The van der Waals surface area contributed by atoms with Gasteiger partial charge >= 0.3 is 0 Å². The third kappa shape index (κ3) is 3.04. The van der Waals surface area contributed by atoms with Crippen LogP contribution in [-0.2, 0) is 0 Å². The van der Waals surface area contributed by atoms with Crippen LogP contribution in [0.1, 0.15) is 35.7 Å². The second-order valence-corrected chi connectivity index (χ2v) is 4.49. The molecule has 4 heteroatoms. The van der Waals surface area contributed by atoms with Crippen LogP contribution in [0.3, 0.4) is 0 Å². The van der Waals surface area contributed by atoms with E-state index in [0.29, 0.717) is 12.1 Å². The number of carbonyl (C=O) groups is 1. The van der Waals surface area contributed by atoms with Gasteiger partial charge in [0.1, 0.15) is 5.82 Å². The summed E-state index contributed by atoms with van der Waals surface area (Å²) in [4.78, 5) is 11.7. The van der Waals surface area contributed by atoms with Gasteiger partial charge in [-0.1, -0.05) is 29.3 Å². The minimum Gasteiger partial charge on any atom is -0.352 e. The monoisotopic (exact) mass is 287 g/mol. The fraction of sp³-hybridized carbons (Fsp3) is 0.417. The molecule has 0 fully saturated rings. The predicted molar refractivity (Wildman–Crippen MR) is 66.1 cm³/mol. The van der Waals surface area contributed by atoms with Gasteiger partial charge < -0.3 is 5.32 Å². The topological polar surface area (TPSA) is 29.1 Å². The summed E-state index contributed by atoms with van der Waals surface area (Å²) in [6.07, 6.45) is 1.90. The third-order valence-corrected chi connectivity index (χ3v) is 3.25. The number of amides is 1. The van der Waals surface area contributed by atoms with Crippen LogP contribution < -0.4 is 5.32 Å². The highest BCUT2D eigenvalue weighted by Gasteiger charge is 2.15. The number of carbonyl (C=O) groups excluding carboxylic acids is 1. The Balaban J connectivity index is 2.86. The molecular weight excluding hydrogens is 273 g/mol. The van der Waals surface area contributed by atoms with Crippen molar-refractivity contribution in [3.63, 3.8) is 0 Å². The number of hydrogen-bond donors (Lipinski definition) is 1. The molecule has 0 aliphatic rings. The summed E-state index contributed by atoms with van der Waals surface area (Å²) in [7, 11) is 0. The zero-order valence-electron chi connectivity index (χ0n) is 9.44. The van der Waals surface area contributed by atoms with E-state index in [9.17, 15) is 9.18 Å². The average molecular weight is 288 g/mol. The van der Waals surface area contributed by atoms with Gasteiger partial charge in [0, 0.05) is 11.0 Å². The molecule has 16 heavy (non-hydrogen) atoms. The minimum absolute atomic E-state index is 0.130. The van der Waals surface area contributed by atoms with Crippen LogP contribution in [0.4, 0.5) is 4.39 Å². The van der Waals surface area contributed by atoms with Gasteiger partial charge in [-0.05, 0) is 31.0 Å². The number of benzene rings is 1. The van der Waals surface area contributed by atoms with Crippen LogP contribution in [-0.4, -0.2) is 12.5 Å². The molecule has 1 aromatic rings. The number of halogens is 2. The highest BCUT2D eigenvalue weighted by Crippen LogP contribution is 2.22. The predicted octanol–water partition coefficient (Wildman–Crippen LogP) is 3.43. The van der Waals surface area contributed by atoms with E-state index in [1.807, 2.05) is 6.92 Å². The lowest BCUT2D eigenvalue weighted by Crippen LogP contribution is -2.26. The van der Waals surface area contributed by atoms with Crippen LogP contribution in [0.15, 0.2) is 16.6 Å². The highest BCUT2D eigenvalue weighted by atomic mass is 79.9. The molecule has 0 aromatic heterocycles. The first-order valence-electron chi connectivity index (χ1n) is 5.30. The Kier molecular flexibility index (Phi) is 4.93. The van der Waals surface area contributed by atoms with Gasteiger partial charge in [0.15, 0.2) is 0 Å². The molecule has 1 aromatic carbocycles. The molecular formula is C12H15BrFNO. The summed E-state index contributed by atoms with van der Waals surface area (Å²) >= 11 is 3.28. The average Bonchev–Trinajstić information content (AvgIpc) is 2.24. The molecule has 0 spiro atoms. The standard InChI is InChI=1S/C12H15BrFNO/c1-3-4-7-15-12(16)11-8(2)9(13)5-6-10(11)14/h5-6H,3-4,7H2,1-2H3,(H,15,16). The van der Waals surface area contributed by atoms with Crippen LogP contribution >= 0.6 is 15.9 Å². The van der Waals surface area contributed by atoms with E-state index < -0.39 is 5.82 Å². The molecule has 1 amide bonds. The van der Waals surface area contributed by atoms with E-state index in [4.69, 9.17) is 0 Å². The Hall–Kier alpha value is -0.900. The van der Waals surface area contributed by atoms with E-state index in [1.54, 1.807) is 13.0 Å². The van der Waals surface area contributed by atoms with Gasteiger partial charge in [0.25, 0.3) is 5.91 Å². The normalized spacial score (nSPS) is 10.2. The molecule has 0 saturated carbocycles. The van der Waals surface area contributed by atoms with Crippen molar-refractivity contribution in [2.75, 3.05) is 6.54 Å². The summed E-state index contributed by atoms with van der Waals surface area (Å²) < 4.78 is 14.3. The Morgan fingerprint density at radius 1 is 1.50 bits per heavy atom. The Morgan fingerprint density at radius 2 is 2.19 bits per heavy atom. The van der Waals surface area contributed by atoms with Gasteiger partial charge in [-0.15, -0.1) is 0 Å². The number of nitrogens with one attached hydrogen (secondary N) is 1. The number of rotatable bonds is 4. The summed E-state index contributed by atoms with van der Waals surface area (Å²) in [5, 5.41) is 2.71. The SMILES string of the molecule is CCCCNC(=O)c1c(F)ccc(Br)c1C. The second kappa shape index (κ2) is 5.99. The first-order chi connectivity index (χ1) is 7.57. The molecule has 1 N–H and O–H groups in total. The van der Waals surface area contributed by atoms with Crippen molar-refractivity contribution in [3.05, 3.63) is 33.5 Å². The lowest BCUT2D eigenvalue weighted by atomic mass is 10.1. The fourth-order valence-electron chi connectivity index (χ4n) is 1.40. The second-order valence-electron chi connectivity index (χ2n) is 3.64. The fourth-order valence-corrected chi connectivity index (χ4v) is 1.73. The van der Waals surface area contributed by atoms with Crippen molar-refractivity contribution >= 4 is 21.8 Å². The molecule has 0 bridgehead atoms. The molecule has 0 unspecified atom stereocenters. The maximum absolute atomic E-state index is 13.5. The Morgan fingerprint density at radius 3 is 2.81 bits per heavy atom. The number of hydrogen-bond acceptors (Lipinski definition) is 1. The summed E-state index contributed by atoms with van der Waals surface area (Å²) in [5.41, 5.74) is 0.763. The van der Waals surface area contributed by atoms with E-state index >= 15 is 0 Å². The molecule has 0 aliphatic carbocycles.